The number of nitrogens with zero attached hydrogens (tertiary/aromatic N) is 2. The maximum absolute atomic E-state index is 11.9. The first-order chi connectivity index (χ1) is 6.89. The first-order valence-corrected chi connectivity index (χ1v) is 6.38. The van der Waals surface area contributed by atoms with E-state index in [0.717, 1.165) is 4.31 Å². The zero-order chi connectivity index (χ0) is 11.6. The van der Waals surface area contributed by atoms with Crippen molar-refractivity contribution in [2.75, 3.05) is 26.5 Å². The third-order valence-corrected chi connectivity index (χ3v) is 4.08. The molecule has 7 heteroatoms. The Kier molecular flexibility index (Phi) is 3.69. The SMILES string of the molecule is CNc1ncc(Br)cc1S(=O)(=O)N(C)C. The van der Waals surface area contributed by atoms with Crippen LogP contribution >= 0.6 is 15.9 Å². The van der Waals surface area contributed by atoms with Crippen molar-refractivity contribution in [2.45, 2.75) is 4.90 Å². The number of pyridine rings is 1. The molecular weight excluding hydrogens is 282 g/mol. The summed E-state index contributed by atoms with van der Waals surface area (Å²) in [5, 5.41) is 2.75. The van der Waals surface area contributed by atoms with Gasteiger partial charge in [0.2, 0.25) is 10.0 Å². The number of hydrogen-bond acceptors (Lipinski definition) is 4. The van der Waals surface area contributed by atoms with E-state index < -0.39 is 10.0 Å². The molecule has 1 aromatic heterocycles. The van der Waals surface area contributed by atoms with Gasteiger partial charge in [0, 0.05) is 31.8 Å². The summed E-state index contributed by atoms with van der Waals surface area (Å²) in [6, 6.07) is 1.52. The minimum Gasteiger partial charge on any atom is -0.372 e. The second-order valence-corrected chi connectivity index (χ2v) is 6.07. The Bertz CT molecular complexity index is 459. The predicted molar refractivity (Wildman–Crippen MR) is 62.4 cm³/mol. The molecule has 0 fully saturated rings. The summed E-state index contributed by atoms with van der Waals surface area (Å²) in [4.78, 5) is 4.14. The molecule has 0 aliphatic rings. The number of sulfonamides is 1. The lowest BCUT2D eigenvalue weighted by Crippen LogP contribution is -2.23. The highest BCUT2D eigenvalue weighted by atomic mass is 79.9. The van der Waals surface area contributed by atoms with Crippen molar-refractivity contribution in [3.05, 3.63) is 16.7 Å². The zero-order valence-corrected chi connectivity index (χ0v) is 11.1. The largest absolute Gasteiger partial charge is 0.372 e. The molecule has 0 saturated carbocycles. The van der Waals surface area contributed by atoms with E-state index in [2.05, 4.69) is 26.2 Å². The van der Waals surface area contributed by atoms with Crippen molar-refractivity contribution in [1.29, 1.82) is 0 Å². The lowest BCUT2D eigenvalue weighted by atomic mass is 10.4. The molecule has 0 aliphatic carbocycles. The van der Waals surface area contributed by atoms with Gasteiger partial charge in [-0.2, -0.15) is 0 Å². The van der Waals surface area contributed by atoms with Crippen LogP contribution in [0.3, 0.4) is 0 Å². The molecule has 0 unspecified atom stereocenters. The van der Waals surface area contributed by atoms with Crippen molar-refractivity contribution < 1.29 is 8.42 Å². The van der Waals surface area contributed by atoms with Gasteiger partial charge >= 0.3 is 0 Å². The highest BCUT2D eigenvalue weighted by molar-refractivity contribution is 9.10. The van der Waals surface area contributed by atoms with Crippen LogP contribution in [0, 0.1) is 0 Å². The Morgan fingerprint density at radius 3 is 2.53 bits per heavy atom. The third kappa shape index (κ3) is 2.47. The summed E-state index contributed by atoms with van der Waals surface area (Å²) >= 11 is 3.19. The number of rotatable bonds is 3. The highest BCUT2D eigenvalue weighted by Crippen LogP contribution is 2.24. The standard InChI is InChI=1S/C8H12BrN3O2S/c1-10-8-7(4-6(9)5-11-8)15(13,14)12(2)3/h4-5H,1-3H3,(H,10,11). The first-order valence-electron chi connectivity index (χ1n) is 4.15. The summed E-state index contributed by atoms with van der Waals surface area (Å²) in [6.45, 7) is 0. The summed E-state index contributed by atoms with van der Waals surface area (Å²) in [5.41, 5.74) is 0. The van der Waals surface area contributed by atoms with E-state index in [-0.39, 0.29) is 4.90 Å². The van der Waals surface area contributed by atoms with Crippen LogP contribution in [0.2, 0.25) is 0 Å². The summed E-state index contributed by atoms with van der Waals surface area (Å²) in [6.07, 6.45) is 1.54. The van der Waals surface area contributed by atoms with E-state index in [1.807, 2.05) is 0 Å². The van der Waals surface area contributed by atoms with Crippen molar-refractivity contribution >= 4 is 31.8 Å². The number of aromatic nitrogens is 1. The summed E-state index contributed by atoms with van der Waals surface area (Å²) < 4.78 is 25.6. The average molecular weight is 294 g/mol. The Balaban J connectivity index is 3.42. The third-order valence-electron chi connectivity index (χ3n) is 1.81. The first kappa shape index (κ1) is 12.4. The Morgan fingerprint density at radius 2 is 2.07 bits per heavy atom. The van der Waals surface area contributed by atoms with Crippen LogP contribution < -0.4 is 5.32 Å². The van der Waals surface area contributed by atoms with Crippen molar-refractivity contribution in [1.82, 2.24) is 9.29 Å². The van der Waals surface area contributed by atoms with Gasteiger partial charge in [0.1, 0.15) is 10.7 Å². The normalized spacial score (nSPS) is 11.8. The lowest BCUT2D eigenvalue weighted by Gasteiger charge is -2.14. The average Bonchev–Trinajstić information content (AvgIpc) is 2.17. The van der Waals surface area contributed by atoms with Gasteiger partial charge in [0.15, 0.2) is 0 Å². The van der Waals surface area contributed by atoms with Crippen LogP contribution in [-0.4, -0.2) is 38.9 Å². The topological polar surface area (TPSA) is 62.3 Å². The molecule has 1 rings (SSSR count). The quantitative estimate of drug-likeness (QED) is 0.908. The van der Waals surface area contributed by atoms with E-state index in [9.17, 15) is 8.42 Å². The fourth-order valence-electron chi connectivity index (χ4n) is 1.00. The number of anilines is 1. The van der Waals surface area contributed by atoms with Crippen molar-refractivity contribution in [3.8, 4) is 0 Å². The van der Waals surface area contributed by atoms with E-state index in [1.54, 1.807) is 13.2 Å². The minimum absolute atomic E-state index is 0.157. The molecule has 0 saturated heterocycles. The van der Waals surface area contributed by atoms with Gasteiger partial charge in [-0.3, -0.25) is 0 Å². The second-order valence-electron chi connectivity index (χ2n) is 3.04. The van der Waals surface area contributed by atoms with E-state index in [0.29, 0.717) is 10.3 Å². The number of nitrogens with one attached hydrogen (secondary N) is 1. The molecule has 0 atom stereocenters. The molecule has 0 radical (unpaired) electrons. The molecule has 1 aromatic rings. The fraction of sp³-hybridized carbons (Fsp3) is 0.375. The monoisotopic (exact) mass is 293 g/mol. The van der Waals surface area contributed by atoms with Crippen molar-refractivity contribution in [3.63, 3.8) is 0 Å². The number of halogens is 1. The lowest BCUT2D eigenvalue weighted by molar-refractivity contribution is 0.520. The van der Waals surface area contributed by atoms with Gasteiger partial charge in [0.25, 0.3) is 0 Å². The van der Waals surface area contributed by atoms with E-state index in [1.165, 1.54) is 20.2 Å². The minimum atomic E-state index is -3.46. The van der Waals surface area contributed by atoms with Crippen LogP contribution in [0.5, 0.6) is 0 Å². The zero-order valence-electron chi connectivity index (χ0n) is 8.65. The van der Waals surface area contributed by atoms with Gasteiger partial charge in [-0.25, -0.2) is 17.7 Å². The molecule has 1 heterocycles. The van der Waals surface area contributed by atoms with Gasteiger partial charge in [0.05, 0.1) is 0 Å². The maximum Gasteiger partial charge on any atom is 0.246 e. The molecule has 1 N–H and O–H groups in total. The molecule has 15 heavy (non-hydrogen) atoms. The molecule has 84 valence electrons. The van der Waals surface area contributed by atoms with Gasteiger partial charge in [-0.1, -0.05) is 0 Å². The van der Waals surface area contributed by atoms with Crippen LogP contribution in [0.1, 0.15) is 0 Å². The maximum atomic E-state index is 11.9. The summed E-state index contributed by atoms with van der Waals surface area (Å²) in [5.74, 6) is 0.340. The van der Waals surface area contributed by atoms with Crippen LogP contribution in [0.15, 0.2) is 21.6 Å². The highest BCUT2D eigenvalue weighted by Gasteiger charge is 2.22. The fourth-order valence-corrected chi connectivity index (χ4v) is 2.55. The van der Waals surface area contributed by atoms with Gasteiger partial charge in [-0.05, 0) is 22.0 Å². The Labute approximate surface area is 97.7 Å². The summed E-state index contributed by atoms with van der Waals surface area (Å²) in [7, 11) is 1.13. The molecule has 0 spiro atoms. The van der Waals surface area contributed by atoms with Gasteiger partial charge in [-0.15, -0.1) is 0 Å². The van der Waals surface area contributed by atoms with Crippen LogP contribution in [0.4, 0.5) is 5.82 Å². The Morgan fingerprint density at radius 1 is 1.47 bits per heavy atom. The smallest absolute Gasteiger partial charge is 0.246 e. The molecular formula is C8H12BrN3O2S. The Hall–Kier alpha value is -0.660. The predicted octanol–water partition coefficient (Wildman–Crippen LogP) is 1.14. The molecule has 0 aromatic carbocycles. The van der Waals surface area contributed by atoms with Crippen LogP contribution in [0.25, 0.3) is 0 Å². The second kappa shape index (κ2) is 4.46. The van der Waals surface area contributed by atoms with E-state index >= 15 is 0 Å². The van der Waals surface area contributed by atoms with Gasteiger partial charge < -0.3 is 5.32 Å². The van der Waals surface area contributed by atoms with Crippen LogP contribution in [-0.2, 0) is 10.0 Å². The van der Waals surface area contributed by atoms with E-state index in [4.69, 9.17) is 0 Å². The number of hydrogen-bond donors (Lipinski definition) is 1. The molecule has 0 bridgehead atoms. The molecule has 5 nitrogen and oxygen atoms in total. The molecule has 0 amide bonds. The van der Waals surface area contributed by atoms with Crippen molar-refractivity contribution in [2.24, 2.45) is 0 Å². The molecule has 0 aliphatic heterocycles.